The fourth-order valence-electron chi connectivity index (χ4n) is 1.18. The Labute approximate surface area is 95.9 Å². The fourth-order valence-corrected chi connectivity index (χ4v) is 1.36. The SMILES string of the molecule is C=C(COc1cccc(Cl)c1)NC(C)C. The number of ether oxygens (including phenoxy) is 1. The van der Waals surface area contributed by atoms with Crippen molar-refractivity contribution in [2.75, 3.05) is 6.61 Å². The highest BCUT2D eigenvalue weighted by Crippen LogP contribution is 2.17. The fraction of sp³-hybridized carbons (Fsp3) is 0.333. The molecular weight excluding hydrogens is 210 g/mol. The van der Waals surface area contributed by atoms with E-state index < -0.39 is 0 Å². The van der Waals surface area contributed by atoms with Gasteiger partial charge in [-0.1, -0.05) is 24.2 Å². The van der Waals surface area contributed by atoms with Gasteiger partial charge in [0.25, 0.3) is 0 Å². The lowest BCUT2D eigenvalue weighted by atomic mass is 10.3. The molecule has 0 unspecified atom stereocenters. The average Bonchev–Trinajstić information content (AvgIpc) is 2.14. The predicted molar refractivity (Wildman–Crippen MR) is 64.4 cm³/mol. The topological polar surface area (TPSA) is 21.3 Å². The third-order valence-corrected chi connectivity index (χ3v) is 1.94. The molecule has 0 saturated carbocycles. The summed E-state index contributed by atoms with van der Waals surface area (Å²) in [6.07, 6.45) is 0. The van der Waals surface area contributed by atoms with E-state index in [1.807, 2.05) is 18.2 Å². The first-order chi connectivity index (χ1) is 7.08. The Morgan fingerprint density at radius 3 is 2.87 bits per heavy atom. The number of rotatable bonds is 5. The summed E-state index contributed by atoms with van der Waals surface area (Å²) in [5.41, 5.74) is 0.866. The van der Waals surface area contributed by atoms with Crippen molar-refractivity contribution in [1.82, 2.24) is 5.32 Å². The number of hydrogen-bond acceptors (Lipinski definition) is 2. The van der Waals surface area contributed by atoms with Crippen LogP contribution in [0, 0.1) is 0 Å². The molecule has 0 aliphatic carbocycles. The van der Waals surface area contributed by atoms with Crippen LogP contribution in [0.25, 0.3) is 0 Å². The van der Waals surface area contributed by atoms with Gasteiger partial charge in [-0.3, -0.25) is 0 Å². The van der Waals surface area contributed by atoms with Gasteiger partial charge in [-0.05, 0) is 32.0 Å². The molecule has 0 saturated heterocycles. The van der Waals surface area contributed by atoms with E-state index in [0.717, 1.165) is 11.4 Å². The molecule has 1 N–H and O–H groups in total. The summed E-state index contributed by atoms with van der Waals surface area (Å²) in [7, 11) is 0. The van der Waals surface area contributed by atoms with E-state index in [2.05, 4.69) is 25.7 Å². The van der Waals surface area contributed by atoms with Gasteiger partial charge >= 0.3 is 0 Å². The summed E-state index contributed by atoms with van der Waals surface area (Å²) in [5, 5.41) is 3.85. The van der Waals surface area contributed by atoms with Crippen molar-refractivity contribution in [3.63, 3.8) is 0 Å². The van der Waals surface area contributed by atoms with Gasteiger partial charge in [0.2, 0.25) is 0 Å². The van der Waals surface area contributed by atoms with Gasteiger partial charge in [-0.15, -0.1) is 0 Å². The maximum absolute atomic E-state index is 5.83. The third-order valence-electron chi connectivity index (χ3n) is 1.70. The number of hydrogen-bond donors (Lipinski definition) is 1. The molecule has 82 valence electrons. The summed E-state index contributed by atoms with van der Waals surface area (Å²) < 4.78 is 5.50. The van der Waals surface area contributed by atoms with E-state index in [-0.39, 0.29) is 0 Å². The van der Waals surface area contributed by atoms with Crippen LogP contribution in [0.1, 0.15) is 13.8 Å². The van der Waals surface area contributed by atoms with E-state index in [0.29, 0.717) is 17.7 Å². The average molecular weight is 226 g/mol. The molecule has 0 fully saturated rings. The molecule has 0 bridgehead atoms. The first-order valence-electron chi connectivity index (χ1n) is 4.90. The summed E-state index contributed by atoms with van der Waals surface area (Å²) in [6, 6.07) is 7.70. The maximum atomic E-state index is 5.83. The molecule has 0 aromatic heterocycles. The summed E-state index contributed by atoms with van der Waals surface area (Å²) in [6.45, 7) is 8.44. The molecule has 3 heteroatoms. The van der Waals surface area contributed by atoms with E-state index in [4.69, 9.17) is 16.3 Å². The molecule has 1 rings (SSSR count). The Morgan fingerprint density at radius 1 is 1.53 bits per heavy atom. The zero-order chi connectivity index (χ0) is 11.3. The minimum absolute atomic E-state index is 0.375. The standard InChI is InChI=1S/C12H16ClNO/c1-9(2)14-10(3)8-15-12-6-4-5-11(13)7-12/h4-7,9,14H,3,8H2,1-2H3. The molecule has 0 amide bonds. The van der Waals surface area contributed by atoms with Gasteiger partial charge in [0, 0.05) is 16.8 Å². The molecule has 1 aromatic rings. The smallest absolute Gasteiger partial charge is 0.127 e. The van der Waals surface area contributed by atoms with Crippen LogP contribution in [0.15, 0.2) is 36.5 Å². The summed E-state index contributed by atoms with van der Waals surface area (Å²) in [5.74, 6) is 0.759. The molecule has 2 nitrogen and oxygen atoms in total. The zero-order valence-electron chi connectivity index (χ0n) is 9.09. The van der Waals surface area contributed by atoms with Crippen molar-refractivity contribution in [2.45, 2.75) is 19.9 Å². The Bertz CT molecular complexity index is 336. The van der Waals surface area contributed by atoms with E-state index in [9.17, 15) is 0 Å². The molecule has 0 atom stereocenters. The van der Waals surface area contributed by atoms with Crippen LogP contribution in [-0.2, 0) is 0 Å². The van der Waals surface area contributed by atoms with Gasteiger partial charge in [0.1, 0.15) is 12.4 Å². The first kappa shape index (κ1) is 11.9. The second-order valence-corrected chi connectivity index (χ2v) is 4.09. The number of benzene rings is 1. The lowest BCUT2D eigenvalue weighted by molar-refractivity contribution is 0.339. The van der Waals surface area contributed by atoms with Crippen LogP contribution in [0.3, 0.4) is 0 Å². The van der Waals surface area contributed by atoms with Gasteiger partial charge in [0.15, 0.2) is 0 Å². The molecule has 15 heavy (non-hydrogen) atoms. The third kappa shape index (κ3) is 4.75. The first-order valence-corrected chi connectivity index (χ1v) is 5.28. The molecule has 0 aliphatic rings. The normalized spacial score (nSPS) is 10.1. The highest BCUT2D eigenvalue weighted by Gasteiger charge is 1.98. The maximum Gasteiger partial charge on any atom is 0.127 e. The highest BCUT2D eigenvalue weighted by molar-refractivity contribution is 6.30. The van der Waals surface area contributed by atoms with Crippen LogP contribution < -0.4 is 10.1 Å². The largest absolute Gasteiger partial charge is 0.487 e. The Hall–Kier alpha value is -1.15. The minimum atomic E-state index is 0.375. The van der Waals surface area contributed by atoms with Gasteiger partial charge < -0.3 is 10.1 Å². The van der Waals surface area contributed by atoms with Crippen LogP contribution in [0.2, 0.25) is 5.02 Å². The van der Waals surface area contributed by atoms with Crippen molar-refractivity contribution >= 4 is 11.6 Å². The monoisotopic (exact) mass is 225 g/mol. The van der Waals surface area contributed by atoms with Crippen molar-refractivity contribution in [1.29, 1.82) is 0 Å². The lowest BCUT2D eigenvalue weighted by Gasteiger charge is -2.13. The molecule has 0 heterocycles. The van der Waals surface area contributed by atoms with Gasteiger partial charge in [0.05, 0.1) is 0 Å². The minimum Gasteiger partial charge on any atom is -0.487 e. The van der Waals surface area contributed by atoms with Crippen LogP contribution in [-0.4, -0.2) is 12.6 Å². The second kappa shape index (κ2) is 5.66. The molecule has 0 spiro atoms. The lowest BCUT2D eigenvalue weighted by Crippen LogP contribution is -2.24. The molecular formula is C12H16ClNO. The van der Waals surface area contributed by atoms with Crippen molar-refractivity contribution in [2.24, 2.45) is 0 Å². The van der Waals surface area contributed by atoms with E-state index >= 15 is 0 Å². The summed E-state index contributed by atoms with van der Waals surface area (Å²) >= 11 is 5.83. The predicted octanol–water partition coefficient (Wildman–Crippen LogP) is 3.23. The molecule has 1 aromatic carbocycles. The van der Waals surface area contributed by atoms with E-state index in [1.54, 1.807) is 6.07 Å². The quantitative estimate of drug-likeness (QED) is 0.831. The number of nitrogens with one attached hydrogen (secondary N) is 1. The van der Waals surface area contributed by atoms with Crippen LogP contribution in [0.5, 0.6) is 5.75 Å². The van der Waals surface area contributed by atoms with Gasteiger partial charge in [-0.2, -0.15) is 0 Å². The van der Waals surface area contributed by atoms with Crippen LogP contribution in [0.4, 0.5) is 0 Å². The Kier molecular flexibility index (Phi) is 4.50. The van der Waals surface area contributed by atoms with Crippen LogP contribution >= 0.6 is 11.6 Å². The van der Waals surface area contributed by atoms with Crippen molar-refractivity contribution in [3.05, 3.63) is 41.6 Å². The Balaban J connectivity index is 2.40. The van der Waals surface area contributed by atoms with E-state index in [1.165, 1.54) is 0 Å². The summed E-state index contributed by atoms with van der Waals surface area (Å²) in [4.78, 5) is 0. The van der Waals surface area contributed by atoms with Crippen molar-refractivity contribution < 1.29 is 4.74 Å². The second-order valence-electron chi connectivity index (χ2n) is 3.65. The van der Waals surface area contributed by atoms with Crippen molar-refractivity contribution in [3.8, 4) is 5.75 Å². The number of halogens is 1. The highest BCUT2D eigenvalue weighted by atomic mass is 35.5. The van der Waals surface area contributed by atoms with Gasteiger partial charge in [-0.25, -0.2) is 0 Å². The Morgan fingerprint density at radius 2 is 2.27 bits per heavy atom. The zero-order valence-corrected chi connectivity index (χ0v) is 9.84. The molecule has 0 aliphatic heterocycles. The molecule has 0 radical (unpaired) electrons.